The summed E-state index contributed by atoms with van der Waals surface area (Å²) in [4.78, 5) is 15.8. The minimum absolute atomic E-state index is 0.387. The molecule has 0 saturated carbocycles. The molecule has 0 atom stereocenters. The van der Waals surface area contributed by atoms with Gasteiger partial charge in [0.2, 0.25) is 0 Å². The molecule has 18 heavy (non-hydrogen) atoms. The monoisotopic (exact) mass is 310 g/mol. The molecule has 0 aliphatic heterocycles. The molecule has 0 aliphatic carbocycles. The van der Waals surface area contributed by atoms with Crippen molar-refractivity contribution in [2.24, 2.45) is 0 Å². The number of hydrogen-bond donors (Lipinski definition) is 0. The Kier molecular flexibility index (Phi) is 3.66. The number of aromatic nitrogens is 2. The van der Waals surface area contributed by atoms with Crippen LogP contribution in [-0.4, -0.2) is 29.7 Å². The third-order valence-corrected chi connectivity index (χ3v) is 2.78. The molecule has 1 heterocycles. The highest BCUT2D eigenvalue weighted by Gasteiger charge is 2.16. The average Bonchev–Trinajstić information content (AvgIpc) is 2.79. The van der Waals surface area contributed by atoms with Crippen molar-refractivity contribution in [2.75, 3.05) is 14.2 Å². The van der Waals surface area contributed by atoms with Crippen molar-refractivity contribution in [1.82, 2.24) is 9.55 Å². The third-order valence-electron chi connectivity index (χ3n) is 2.40. The molecule has 94 valence electrons. The van der Waals surface area contributed by atoms with Crippen LogP contribution in [0.5, 0.6) is 6.01 Å². The predicted octanol–water partition coefficient (Wildman–Crippen LogP) is 2.43. The Morgan fingerprint density at radius 3 is 2.72 bits per heavy atom. The second-order valence-corrected chi connectivity index (χ2v) is 4.24. The second kappa shape index (κ2) is 5.22. The third kappa shape index (κ3) is 2.24. The molecular weight excluding hydrogens is 300 g/mol. The van der Waals surface area contributed by atoms with Gasteiger partial charge in [-0.2, -0.15) is 4.98 Å². The van der Waals surface area contributed by atoms with Crippen molar-refractivity contribution in [1.29, 1.82) is 0 Å². The Labute approximate surface area is 112 Å². The molecule has 0 radical (unpaired) electrons. The Balaban J connectivity index is 2.59. The number of benzene rings is 1. The van der Waals surface area contributed by atoms with Crippen LogP contribution in [0.4, 0.5) is 0 Å². The van der Waals surface area contributed by atoms with Gasteiger partial charge >= 0.3 is 12.0 Å². The number of imidazole rings is 1. The molecule has 0 fully saturated rings. The first-order valence-electron chi connectivity index (χ1n) is 5.14. The summed E-state index contributed by atoms with van der Waals surface area (Å²) in [7, 11) is 2.87. The molecule has 0 saturated heterocycles. The summed E-state index contributed by atoms with van der Waals surface area (Å²) in [6.45, 7) is 0. The average molecular weight is 311 g/mol. The molecular formula is C12H11BrN2O3. The van der Waals surface area contributed by atoms with Gasteiger partial charge in [-0.05, 0) is 28.1 Å². The summed E-state index contributed by atoms with van der Waals surface area (Å²) in [6.07, 6.45) is 1.72. The summed E-state index contributed by atoms with van der Waals surface area (Å²) in [5.41, 5.74) is 1.10. The van der Waals surface area contributed by atoms with Gasteiger partial charge in [0.05, 0.1) is 25.5 Å². The lowest BCUT2D eigenvalue weighted by Gasteiger charge is -2.10. The number of rotatable bonds is 3. The number of ether oxygens (including phenoxy) is 2. The summed E-state index contributed by atoms with van der Waals surface area (Å²) in [5, 5.41) is 0. The van der Waals surface area contributed by atoms with Crippen molar-refractivity contribution in [3.05, 3.63) is 40.6 Å². The summed E-state index contributed by atoms with van der Waals surface area (Å²) in [5.74, 6) is -0.405. The van der Waals surface area contributed by atoms with Crippen molar-refractivity contribution in [3.8, 4) is 11.7 Å². The van der Waals surface area contributed by atoms with E-state index in [4.69, 9.17) is 9.47 Å². The van der Waals surface area contributed by atoms with E-state index in [0.29, 0.717) is 21.9 Å². The van der Waals surface area contributed by atoms with Gasteiger partial charge in [-0.1, -0.05) is 12.1 Å². The maximum absolute atomic E-state index is 11.7. The normalized spacial score (nSPS) is 10.2. The standard InChI is InChI=1S/C12H11BrN2O3/c1-17-11(16)8-5-3-4-6-9(8)15-7-10(13)14-12(15)18-2/h3-7H,1-2H3. The first-order chi connectivity index (χ1) is 8.67. The smallest absolute Gasteiger partial charge is 0.339 e. The van der Waals surface area contributed by atoms with E-state index in [2.05, 4.69) is 20.9 Å². The van der Waals surface area contributed by atoms with E-state index < -0.39 is 5.97 Å². The van der Waals surface area contributed by atoms with E-state index in [0.717, 1.165) is 0 Å². The van der Waals surface area contributed by atoms with Crippen LogP contribution in [0.3, 0.4) is 0 Å². The topological polar surface area (TPSA) is 53.4 Å². The van der Waals surface area contributed by atoms with Gasteiger partial charge < -0.3 is 9.47 Å². The Hall–Kier alpha value is -1.82. The zero-order valence-electron chi connectivity index (χ0n) is 9.88. The van der Waals surface area contributed by atoms with Crippen LogP contribution in [0.1, 0.15) is 10.4 Å². The zero-order valence-corrected chi connectivity index (χ0v) is 11.5. The van der Waals surface area contributed by atoms with Crippen molar-refractivity contribution in [2.45, 2.75) is 0 Å². The number of esters is 1. The molecule has 0 unspecified atom stereocenters. The maximum Gasteiger partial charge on any atom is 0.339 e. The number of nitrogens with zero attached hydrogens (tertiary/aromatic N) is 2. The highest BCUT2D eigenvalue weighted by atomic mass is 79.9. The van der Waals surface area contributed by atoms with Crippen LogP contribution in [0.15, 0.2) is 35.1 Å². The lowest BCUT2D eigenvalue weighted by atomic mass is 10.2. The van der Waals surface area contributed by atoms with Gasteiger partial charge in [0.25, 0.3) is 0 Å². The van der Waals surface area contributed by atoms with E-state index >= 15 is 0 Å². The van der Waals surface area contributed by atoms with E-state index in [9.17, 15) is 4.79 Å². The number of hydrogen-bond acceptors (Lipinski definition) is 4. The van der Waals surface area contributed by atoms with Gasteiger partial charge in [-0.25, -0.2) is 4.79 Å². The fourth-order valence-corrected chi connectivity index (χ4v) is 1.98. The van der Waals surface area contributed by atoms with Crippen molar-refractivity contribution >= 4 is 21.9 Å². The van der Waals surface area contributed by atoms with Crippen molar-refractivity contribution < 1.29 is 14.3 Å². The molecule has 0 bridgehead atoms. The van der Waals surface area contributed by atoms with Crippen LogP contribution in [0.25, 0.3) is 5.69 Å². The Bertz CT molecular complexity index is 580. The Morgan fingerprint density at radius 2 is 2.06 bits per heavy atom. The van der Waals surface area contributed by atoms with Crippen LogP contribution < -0.4 is 4.74 Å². The molecule has 0 aliphatic rings. The Morgan fingerprint density at radius 1 is 1.33 bits per heavy atom. The highest BCUT2D eigenvalue weighted by Crippen LogP contribution is 2.24. The lowest BCUT2D eigenvalue weighted by Crippen LogP contribution is -2.08. The van der Waals surface area contributed by atoms with Gasteiger partial charge in [0.15, 0.2) is 0 Å². The SMILES string of the molecule is COC(=O)c1ccccc1-n1cc(Br)nc1OC. The number of carbonyl (C=O) groups is 1. The van der Waals surface area contributed by atoms with Crippen LogP contribution in [0.2, 0.25) is 0 Å². The molecule has 5 nitrogen and oxygen atoms in total. The maximum atomic E-state index is 11.7. The van der Waals surface area contributed by atoms with Gasteiger partial charge in [0, 0.05) is 6.20 Å². The number of carbonyl (C=O) groups excluding carboxylic acids is 1. The fraction of sp³-hybridized carbons (Fsp3) is 0.167. The summed E-state index contributed by atoms with van der Waals surface area (Å²) >= 11 is 3.27. The summed E-state index contributed by atoms with van der Waals surface area (Å²) in [6, 6.07) is 7.47. The van der Waals surface area contributed by atoms with Crippen LogP contribution in [0, 0.1) is 0 Å². The first-order valence-corrected chi connectivity index (χ1v) is 5.93. The lowest BCUT2D eigenvalue weighted by molar-refractivity contribution is 0.0600. The number of para-hydroxylation sites is 1. The molecule has 1 aromatic heterocycles. The van der Waals surface area contributed by atoms with E-state index in [-0.39, 0.29) is 0 Å². The molecule has 2 rings (SSSR count). The quantitative estimate of drug-likeness (QED) is 0.817. The van der Waals surface area contributed by atoms with Gasteiger partial charge in [0.1, 0.15) is 4.60 Å². The largest absolute Gasteiger partial charge is 0.468 e. The molecule has 1 aromatic carbocycles. The second-order valence-electron chi connectivity index (χ2n) is 3.43. The summed E-state index contributed by atoms with van der Waals surface area (Å²) < 4.78 is 12.2. The van der Waals surface area contributed by atoms with E-state index in [1.165, 1.54) is 14.2 Å². The number of methoxy groups -OCH3 is 2. The van der Waals surface area contributed by atoms with Crippen LogP contribution in [-0.2, 0) is 4.74 Å². The van der Waals surface area contributed by atoms with Crippen molar-refractivity contribution in [3.63, 3.8) is 0 Å². The minimum atomic E-state index is -0.405. The van der Waals surface area contributed by atoms with E-state index in [1.807, 2.05) is 6.07 Å². The minimum Gasteiger partial charge on any atom is -0.468 e. The van der Waals surface area contributed by atoms with E-state index in [1.54, 1.807) is 29.0 Å². The molecule has 2 aromatic rings. The zero-order chi connectivity index (χ0) is 13.1. The first kappa shape index (κ1) is 12.6. The molecule has 0 amide bonds. The van der Waals surface area contributed by atoms with Gasteiger partial charge in [-0.3, -0.25) is 4.57 Å². The molecule has 6 heteroatoms. The molecule has 0 spiro atoms. The molecule has 0 N–H and O–H groups in total. The highest BCUT2D eigenvalue weighted by molar-refractivity contribution is 9.10. The van der Waals surface area contributed by atoms with Crippen LogP contribution >= 0.6 is 15.9 Å². The predicted molar refractivity (Wildman–Crippen MR) is 69.2 cm³/mol. The number of halogens is 1. The fourth-order valence-electron chi connectivity index (χ4n) is 1.62. The van der Waals surface area contributed by atoms with Gasteiger partial charge in [-0.15, -0.1) is 0 Å².